The summed E-state index contributed by atoms with van der Waals surface area (Å²) in [6.45, 7) is 0. The lowest BCUT2D eigenvalue weighted by atomic mass is 10.1. The molecular formula is C12H6N3-. The van der Waals surface area contributed by atoms with E-state index in [2.05, 4.69) is 0 Å². The fraction of sp³-hybridized carbons (Fsp3) is 0. The summed E-state index contributed by atoms with van der Waals surface area (Å²) in [5, 5.41) is 26.0. The summed E-state index contributed by atoms with van der Waals surface area (Å²) in [4.78, 5) is 0. The fourth-order valence-electron chi connectivity index (χ4n) is 1.02. The Morgan fingerprint density at radius 3 is 2.27 bits per heavy atom. The Morgan fingerprint density at radius 2 is 1.80 bits per heavy atom. The summed E-state index contributed by atoms with van der Waals surface area (Å²) >= 11 is 0. The second kappa shape index (κ2) is 5.19. The van der Waals surface area contributed by atoms with Gasteiger partial charge in [-0.3, -0.25) is 0 Å². The molecule has 0 saturated heterocycles. The van der Waals surface area contributed by atoms with Crippen LogP contribution in [0.5, 0.6) is 0 Å². The fourth-order valence-corrected chi connectivity index (χ4v) is 1.02. The van der Waals surface area contributed by atoms with E-state index in [1.807, 2.05) is 24.3 Å². The van der Waals surface area contributed by atoms with E-state index in [4.69, 9.17) is 15.9 Å². The molecule has 0 aliphatic rings. The monoisotopic (exact) mass is 192 g/mol. The maximum Gasteiger partial charge on any atom is 0.107 e. The van der Waals surface area contributed by atoms with Crippen LogP contribution in [-0.4, -0.2) is 5.87 Å². The average molecular weight is 192 g/mol. The molecule has 0 radical (unpaired) electrons. The number of hydrogen-bond acceptors (Lipinski definition) is 2. The van der Waals surface area contributed by atoms with E-state index in [1.165, 1.54) is 6.08 Å². The number of nitrogens with zero attached hydrogens (tertiary/aromatic N) is 3. The molecule has 0 aromatic heterocycles. The van der Waals surface area contributed by atoms with E-state index < -0.39 is 0 Å². The second-order valence-corrected chi connectivity index (χ2v) is 2.68. The van der Waals surface area contributed by atoms with Crippen molar-refractivity contribution in [3.05, 3.63) is 52.5 Å². The van der Waals surface area contributed by atoms with Crippen molar-refractivity contribution in [1.82, 2.24) is 0 Å². The zero-order valence-electron chi connectivity index (χ0n) is 7.81. The van der Waals surface area contributed by atoms with Crippen LogP contribution < -0.4 is 0 Å². The van der Waals surface area contributed by atoms with Crippen molar-refractivity contribution in [2.75, 3.05) is 0 Å². The zero-order chi connectivity index (χ0) is 11.1. The van der Waals surface area contributed by atoms with Crippen LogP contribution in [-0.2, 0) is 0 Å². The Labute approximate surface area is 87.7 Å². The second-order valence-electron chi connectivity index (χ2n) is 2.68. The predicted octanol–water partition coefficient (Wildman–Crippen LogP) is 2.28. The number of hydrogen-bond donors (Lipinski definition) is 0. The van der Waals surface area contributed by atoms with Crippen LogP contribution in [0.4, 0.5) is 0 Å². The van der Waals surface area contributed by atoms with E-state index in [-0.39, 0.29) is 11.1 Å². The molecule has 0 N–H and O–H groups in total. The van der Waals surface area contributed by atoms with Gasteiger partial charge >= 0.3 is 0 Å². The first-order chi connectivity index (χ1) is 7.31. The third-order valence-electron chi connectivity index (χ3n) is 1.72. The topological polar surface area (TPSA) is 69.9 Å². The van der Waals surface area contributed by atoms with Gasteiger partial charge in [-0.2, -0.15) is 10.5 Å². The highest BCUT2D eigenvalue weighted by atomic mass is 14.3. The lowest BCUT2D eigenvalue weighted by molar-refractivity contribution is 1.46. The van der Waals surface area contributed by atoms with E-state index in [0.717, 1.165) is 5.56 Å². The van der Waals surface area contributed by atoms with Crippen molar-refractivity contribution in [3.8, 4) is 12.1 Å². The van der Waals surface area contributed by atoms with Gasteiger partial charge in [0.15, 0.2) is 0 Å². The van der Waals surface area contributed by atoms with Crippen LogP contribution in [0.3, 0.4) is 0 Å². The van der Waals surface area contributed by atoms with E-state index in [1.54, 1.807) is 24.1 Å². The van der Waals surface area contributed by atoms with Gasteiger partial charge < -0.3 is 5.41 Å². The van der Waals surface area contributed by atoms with Crippen LogP contribution in [0.2, 0.25) is 0 Å². The predicted molar refractivity (Wildman–Crippen MR) is 57.5 cm³/mol. The Bertz CT molecular complexity index is 506. The molecule has 0 bridgehead atoms. The van der Waals surface area contributed by atoms with Gasteiger partial charge in [0, 0.05) is 0 Å². The molecule has 1 rings (SSSR count). The first-order valence-corrected chi connectivity index (χ1v) is 4.16. The lowest BCUT2D eigenvalue weighted by Crippen LogP contribution is -1.84. The SMILES string of the molecule is N#CC(=C=[N-])/C(C#N)=C/c1ccccc1. The number of allylic oxidation sites excluding steroid dienone is 2. The molecular weight excluding hydrogens is 186 g/mol. The molecule has 1 aromatic carbocycles. The average Bonchev–Trinajstić information content (AvgIpc) is 2.30. The summed E-state index contributed by atoms with van der Waals surface area (Å²) in [6, 6.07) is 12.6. The Kier molecular flexibility index (Phi) is 3.62. The molecule has 0 aliphatic heterocycles. The van der Waals surface area contributed by atoms with E-state index in [0.29, 0.717) is 0 Å². The van der Waals surface area contributed by atoms with Crippen LogP contribution >= 0.6 is 0 Å². The molecule has 0 heterocycles. The highest BCUT2D eigenvalue weighted by Gasteiger charge is 2.00. The van der Waals surface area contributed by atoms with Gasteiger partial charge in [-0.1, -0.05) is 30.3 Å². The molecule has 70 valence electrons. The van der Waals surface area contributed by atoms with Gasteiger partial charge in [-0.15, -0.1) is 0 Å². The zero-order valence-corrected chi connectivity index (χ0v) is 7.81. The minimum absolute atomic E-state index is 0.0891. The van der Waals surface area contributed by atoms with Gasteiger partial charge in [0.25, 0.3) is 0 Å². The van der Waals surface area contributed by atoms with Crippen molar-refractivity contribution in [2.24, 2.45) is 0 Å². The van der Waals surface area contributed by atoms with Crippen LogP contribution in [0.1, 0.15) is 5.56 Å². The molecule has 0 spiro atoms. The molecule has 1 aromatic rings. The summed E-state index contributed by atoms with van der Waals surface area (Å²) in [5.41, 5.74) is 0.713. The Hall–Kier alpha value is -2.61. The van der Waals surface area contributed by atoms with Crippen molar-refractivity contribution in [1.29, 1.82) is 10.5 Å². The standard InChI is InChI=1S/C12H6N3/c13-7-11(12(8-14)9-15)6-10-4-2-1-3-5-10/h1-6H/q-1/b11-6+. The quantitative estimate of drug-likeness (QED) is 0.409. The maximum atomic E-state index is 8.78. The Balaban J connectivity index is 3.17. The summed E-state index contributed by atoms with van der Waals surface area (Å²) < 4.78 is 0. The lowest BCUT2D eigenvalue weighted by Gasteiger charge is -1.95. The first kappa shape index (κ1) is 10.5. The Morgan fingerprint density at radius 1 is 1.13 bits per heavy atom. The van der Waals surface area contributed by atoms with Gasteiger partial charge in [0.1, 0.15) is 12.1 Å². The molecule has 0 amide bonds. The number of rotatable bonds is 2. The van der Waals surface area contributed by atoms with E-state index in [9.17, 15) is 0 Å². The maximum absolute atomic E-state index is 8.78. The summed E-state index contributed by atoms with van der Waals surface area (Å²) in [7, 11) is 0. The van der Waals surface area contributed by atoms with E-state index >= 15 is 0 Å². The van der Waals surface area contributed by atoms with Crippen molar-refractivity contribution >= 4 is 11.9 Å². The number of benzene rings is 1. The number of nitriles is 2. The van der Waals surface area contributed by atoms with Gasteiger partial charge in [0.2, 0.25) is 0 Å². The molecule has 0 fully saturated rings. The molecule has 0 saturated carbocycles. The first-order valence-electron chi connectivity index (χ1n) is 4.16. The molecule has 3 nitrogen and oxygen atoms in total. The minimum atomic E-state index is -0.165. The highest BCUT2D eigenvalue weighted by Crippen LogP contribution is 2.11. The molecule has 0 atom stereocenters. The molecule has 3 heteroatoms. The van der Waals surface area contributed by atoms with Gasteiger partial charge in [-0.05, 0) is 11.6 Å². The van der Waals surface area contributed by atoms with Gasteiger partial charge in [0.05, 0.1) is 11.1 Å². The van der Waals surface area contributed by atoms with Gasteiger partial charge in [-0.25, -0.2) is 5.87 Å². The molecule has 0 unspecified atom stereocenters. The molecule has 0 aliphatic carbocycles. The largest absolute Gasteiger partial charge is 0.762 e. The van der Waals surface area contributed by atoms with Crippen molar-refractivity contribution < 1.29 is 0 Å². The highest BCUT2D eigenvalue weighted by molar-refractivity contribution is 5.80. The molecule has 15 heavy (non-hydrogen) atoms. The summed E-state index contributed by atoms with van der Waals surface area (Å²) in [6.07, 6.45) is 1.52. The smallest absolute Gasteiger partial charge is 0.107 e. The van der Waals surface area contributed by atoms with Crippen LogP contribution in [0, 0.1) is 22.7 Å². The third-order valence-corrected chi connectivity index (χ3v) is 1.72. The summed E-state index contributed by atoms with van der Waals surface area (Å²) in [5.74, 6) is 1.69. The van der Waals surface area contributed by atoms with Crippen LogP contribution in [0.15, 0.2) is 41.5 Å². The van der Waals surface area contributed by atoms with Crippen molar-refractivity contribution in [2.45, 2.75) is 0 Å². The third kappa shape index (κ3) is 2.67. The minimum Gasteiger partial charge on any atom is -0.762 e. The van der Waals surface area contributed by atoms with Crippen molar-refractivity contribution in [3.63, 3.8) is 0 Å². The van der Waals surface area contributed by atoms with Crippen LogP contribution in [0.25, 0.3) is 11.5 Å². The normalized spacial score (nSPS) is 9.60.